The first kappa shape index (κ1) is 11.2. The molecule has 0 aromatic heterocycles. The first-order valence-corrected chi connectivity index (χ1v) is 4.61. The summed E-state index contributed by atoms with van der Waals surface area (Å²) in [6.45, 7) is 2.98. The average Bonchev–Trinajstić information content (AvgIpc) is 2.18. The van der Waals surface area contributed by atoms with Crippen molar-refractivity contribution >= 4 is 12.1 Å². The van der Waals surface area contributed by atoms with E-state index in [0.29, 0.717) is 4.74 Å². The maximum absolute atomic E-state index is 11.6. The fourth-order valence-electron chi connectivity index (χ4n) is 0.944. The van der Waals surface area contributed by atoms with E-state index in [9.17, 15) is 10.0 Å². The molecule has 0 aliphatic rings. The van der Waals surface area contributed by atoms with Crippen molar-refractivity contribution in [1.82, 2.24) is 0 Å². The van der Waals surface area contributed by atoms with E-state index in [1.165, 1.54) is 20.1 Å². The number of nitrogens with zero attached hydrogens (tertiary/aromatic N) is 1. The number of benzene rings is 1. The zero-order valence-electron chi connectivity index (χ0n) is 8.81. The third-order valence-corrected chi connectivity index (χ3v) is 2.22. The molecule has 0 atom stereocenters. The van der Waals surface area contributed by atoms with Gasteiger partial charge in [-0.25, -0.2) is 0 Å². The molecule has 0 fully saturated rings. The van der Waals surface area contributed by atoms with Crippen LogP contribution in [0.5, 0.6) is 0 Å². The Morgan fingerprint density at radius 3 is 2.40 bits per heavy atom. The zero-order chi connectivity index (χ0) is 11.5. The molecule has 0 saturated heterocycles. The molecule has 0 bridgehead atoms. The van der Waals surface area contributed by atoms with Gasteiger partial charge in [0.1, 0.15) is 0 Å². The van der Waals surface area contributed by atoms with Gasteiger partial charge in [-0.15, -0.1) is 0 Å². The van der Waals surface area contributed by atoms with Crippen LogP contribution >= 0.6 is 0 Å². The SMILES string of the molecule is CC(C)(C(N)=O)[N+]([O-])=Cc1ccccc1. The van der Waals surface area contributed by atoms with Gasteiger partial charge < -0.3 is 10.9 Å². The minimum Gasteiger partial charge on any atom is -0.623 e. The summed E-state index contributed by atoms with van der Waals surface area (Å²) in [7, 11) is 0. The third-order valence-electron chi connectivity index (χ3n) is 2.22. The molecular formula is C11H14N2O2. The van der Waals surface area contributed by atoms with Crippen LogP contribution in [-0.2, 0) is 4.79 Å². The topological polar surface area (TPSA) is 69.2 Å². The number of carbonyl (C=O) groups excluding carboxylic acids is 1. The Hall–Kier alpha value is -1.84. The summed E-state index contributed by atoms with van der Waals surface area (Å²) in [6.07, 6.45) is 1.35. The monoisotopic (exact) mass is 206 g/mol. The molecule has 80 valence electrons. The van der Waals surface area contributed by atoms with Crippen LogP contribution < -0.4 is 5.73 Å². The molecule has 15 heavy (non-hydrogen) atoms. The smallest absolute Gasteiger partial charge is 0.289 e. The van der Waals surface area contributed by atoms with Crippen molar-refractivity contribution in [3.8, 4) is 0 Å². The lowest BCUT2D eigenvalue weighted by atomic mass is 10.1. The van der Waals surface area contributed by atoms with Gasteiger partial charge in [-0.1, -0.05) is 18.2 Å². The third kappa shape index (κ3) is 2.56. The number of hydrogen-bond acceptors (Lipinski definition) is 2. The van der Waals surface area contributed by atoms with E-state index in [0.717, 1.165) is 5.56 Å². The largest absolute Gasteiger partial charge is 0.623 e. The number of amides is 1. The standard InChI is InChI=1S/C11H14N2O2/c1-11(2,10(12)14)13(15)8-9-6-4-3-5-7-9/h3-8H,1-2H3,(H2,12,14). The maximum Gasteiger partial charge on any atom is 0.289 e. The number of hydroxylamine groups is 1. The van der Waals surface area contributed by atoms with Gasteiger partial charge in [0.15, 0.2) is 6.21 Å². The predicted octanol–water partition coefficient (Wildman–Crippen LogP) is 0.880. The minimum absolute atomic E-state index is 0.574. The van der Waals surface area contributed by atoms with Gasteiger partial charge in [-0.2, -0.15) is 4.74 Å². The summed E-state index contributed by atoms with van der Waals surface area (Å²) in [5, 5.41) is 11.6. The van der Waals surface area contributed by atoms with Gasteiger partial charge in [-0.3, -0.25) is 4.79 Å². The quantitative estimate of drug-likeness (QED) is 0.345. The molecule has 0 radical (unpaired) electrons. The summed E-state index contributed by atoms with van der Waals surface area (Å²) in [6, 6.07) is 9.05. The molecule has 0 saturated carbocycles. The summed E-state index contributed by atoms with van der Waals surface area (Å²) in [5.74, 6) is -0.648. The van der Waals surface area contributed by atoms with Gasteiger partial charge in [0.2, 0.25) is 5.54 Å². The fraction of sp³-hybridized carbons (Fsp3) is 0.273. The van der Waals surface area contributed by atoms with Crippen LogP contribution in [0.4, 0.5) is 0 Å². The molecule has 1 aromatic rings. The van der Waals surface area contributed by atoms with E-state index < -0.39 is 11.4 Å². The van der Waals surface area contributed by atoms with Gasteiger partial charge in [0.25, 0.3) is 5.91 Å². The van der Waals surface area contributed by atoms with Crippen molar-refractivity contribution in [2.24, 2.45) is 5.73 Å². The highest BCUT2D eigenvalue weighted by Crippen LogP contribution is 2.07. The predicted molar refractivity (Wildman–Crippen MR) is 58.5 cm³/mol. The Balaban J connectivity index is 2.99. The van der Waals surface area contributed by atoms with Crippen LogP contribution in [0.15, 0.2) is 30.3 Å². The molecule has 2 N–H and O–H groups in total. The molecule has 4 heteroatoms. The molecule has 1 amide bonds. The Kier molecular flexibility index (Phi) is 3.09. The average molecular weight is 206 g/mol. The second-order valence-electron chi connectivity index (χ2n) is 3.79. The van der Waals surface area contributed by atoms with Crippen LogP contribution in [0, 0.1) is 5.21 Å². The molecular weight excluding hydrogens is 192 g/mol. The molecule has 1 rings (SSSR count). The Morgan fingerprint density at radius 1 is 1.40 bits per heavy atom. The van der Waals surface area contributed by atoms with Crippen LogP contribution in [0.25, 0.3) is 0 Å². The lowest BCUT2D eigenvalue weighted by molar-refractivity contribution is -0.517. The van der Waals surface area contributed by atoms with Gasteiger partial charge in [-0.05, 0) is 12.1 Å². The first-order valence-electron chi connectivity index (χ1n) is 4.61. The summed E-state index contributed by atoms with van der Waals surface area (Å²) >= 11 is 0. The highest BCUT2D eigenvalue weighted by molar-refractivity contribution is 5.84. The van der Waals surface area contributed by atoms with Gasteiger partial charge in [0, 0.05) is 19.4 Å². The van der Waals surface area contributed by atoms with Crippen molar-refractivity contribution < 1.29 is 9.53 Å². The normalized spacial score (nSPS) is 12.5. The van der Waals surface area contributed by atoms with E-state index in [-0.39, 0.29) is 0 Å². The van der Waals surface area contributed by atoms with Gasteiger partial charge in [0.05, 0.1) is 0 Å². The molecule has 0 unspecified atom stereocenters. The Bertz CT molecular complexity index is 383. The van der Waals surface area contributed by atoms with E-state index in [4.69, 9.17) is 5.73 Å². The fourth-order valence-corrected chi connectivity index (χ4v) is 0.944. The van der Waals surface area contributed by atoms with Crippen molar-refractivity contribution in [2.75, 3.05) is 0 Å². The minimum atomic E-state index is -1.23. The van der Waals surface area contributed by atoms with Crippen molar-refractivity contribution in [1.29, 1.82) is 0 Å². The highest BCUT2D eigenvalue weighted by atomic mass is 16.5. The van der Waals surface area contributed by atoms with Gasteiger partial charge >= 0.3 is 0 Å². The first-order chi connectivity index (χ1) is 6.94. The molecule has 0 heterocycles. The highest BCUT2D eigenvalue weighted by Gasteiger charge is 2.33. The van der Waals surface area contributed by atoms with E-state index in [1.807, 2.05) is 18.2 Å². The summed E-state index contributed by atoms with van der Waals surface area (Å²) < 4.78 is 0.574. The molecule has 0 aliphatic carbocycles. The number of carbonyl (C=O) groups is 1. The van der Waals surface area contributed by atoms with E-state index >= 15 is 0 Å². The van der Waals surface area contributed by atoms with Crippen molar-refractivity contribution in [3.05, 3.63) is 41.1 Å². The summed E-state index contributed by atoms with van der Waals surface area (Å²) in [4.78, 5) is 11.0. The maximum atomic E-state index is 11.6. The Morgan fingerprint density at radius 2 is 1.93 bits per heavy atom. The second-order valence-corrected chi connectivity index (χ2v) is 3.79. The van der Waals surface area contributed by atoms with Crippen LogP contribution in [0.2, 0.25) is 0 Å². The van der Waals surface area contributed by atoms with Crippen molar-refractivity contribution in [2.45, 2.75) is 19.4 Å². The van der Waals surface area contributed by atoms with Crippen LogP contribution in [-0.4, -0.2) is 22.4 Å². The van der Waals surface area contributed by atoms with Crippen LogP contribution in [0.3, 0.4) is 0 Å². The number of rotatable bonds is 3. The lowest BCUT2D eigenvalue weighted by Gasteiger charge is -2.19. The number of hydrogen-bond donors (Lipinski definition) is 1. The molecule has 0 aliphatic heterocycles. The molecule has 1 aromatic carbocycles. The molecule has 0 spiro atoms. The van der Waals surface area contributed by atoms with Crippen LogP contribution in [0.1, 0.15) is 19.4 Å². The Labute approximate surface area is 88.6 Å². The number of nitrogens with two attached hydrogens (primary N) is 1. The summed E-state index contributed by atoms with van der Waals surface area (Å²) in [5.41, 5.74) is 4.64. The van der Waals surface area contributed by atoms with Crippen molar-refractivity contribution in [3.63, 3.8) is 0 Å². The lowest BCUT2D eigenvalue weighted by Crippen LogP contribution is -2.46. The van der Waals surface area contributed by atoms with E-state index in [2.05, 4.69) is 0 Å². The second kappa shape index (κ2) is 4.13. The van der Waals surface area contributed by atoms with E-state index in [1.54, 1.807) is 12.1 Å². The number of primary amides is 1. The molecule has 4 nitrogen and oxygen atoms in total. The zero-order valence-corrected chi connectivity index (χ0v) is 8.81.